The Morgan fingerprint density at radius 2 is 1.71 bits per heavy atom. The predicted molar refractivity (Wildman–Crippen MR) is 92.7 cm³/mol. The highest BCUT2D eigenvalue weighted by molar-refractivity contribution is 4.89. The minimum atomic E-state index is 0.568. The Morgan fingerprint density at radius 3 is 2.33 bits per heavy atom. The topological polar surface area (TPSA) is 15.3 Å². The quantitative estimate of drug-likeness (QED) is 0.718. The highest BCUT2D eigenvalue weighted by Gasteiger charge is 2.34. The van der Waals surface area contributed by atoms with Gasteiger partial charge in [0.05, 0.1) is 0 Å². The molecule has 0 aromatic carbocycles. The van der Waals surface area contributed by atoms with Crippen molar-refractivity contribution in [3.05, 3.63) is 0 Å². The van der Waals surface area contributed by atoms with Gasteiger partial charge in [0.15, 0.2) is 0 Å². The highest BCUT2D eigenvalue weighted by Crippen LogP contribution is 2.38. The molecule has 0 unspecified atom stereocenters. The maximum Gasteiger partial charge on any atom is 0.00472 e. The molecule has 0 saturated heterocycles. The Balaban J connectivity index is 1.77. The lowest BCUT2D eigenvalue weighted by atomic mass is 9.84. The highest BCUT2D eigenvalue weighted by atomic mass is 15.1. The number of hydrogen-bond donors (Lipinski definition) is 1. The first kappa shape index (κ1) is 17.3. The van der Waals surface area contributed by atoms with Crippen molar-refractivity contribution in [3.63, 3.8) is 0 Å². The summed E-state index contributed by atoms with van der Waals surface area (Å²) in [5, 5.41) is 3.75. The van der Waals surface area contributed by atoms with E-state index >= 15 is 0 Å². The SMILES string of the molecule is CC(C)CNCC1(CN(C)CC2CCCCC2)CCCC1. The van der Waals surface area contributed by atoms with Crippen molar-refractivity contribution in [1.82, 2.24) is 10.2 Å². The molecule has 2 heteroatoms. The van der Waals surface area contributed by atoms with Crippen LogP contribution in [0.3, 0.4) is 0 Å². The molecule has 124 valence electrons. The van der Waals surface area contributed by atoms with Crippen molar-refractivity contribution in [2.45, 2.75) is 71.6 Å². The van der Waals surface area contributed by atoms with Gasteiger partial charge in [-0.1, -0.05) is 46.0 Å². The van der Waals surface area contributed by atoms with E-state index in [1.807, 2.05) is 0 Å². The van der Waals surface area contributed by atoms with E-state index in [2.05, 4.69) is 31.1 Å². The largest absolute Gasteiger partial charge is 0.316 e. The summed E-state index contributed by atoms with van der Waals surface area (Å²) in [5.41, 5.74) is 0.568. The lowest BCUT2D eigenvalue weighted by Crippen LogP contribution is -2.43. The fourth-order valence-corrected chi connectivity index (χ4v) is 4.59. The number of rotatable bonds is 8. The maximum absolute atomic E-state index is 3.75. The average Bonchev–Trinajstić information content (AvgIpc) is 2.87. The van der Waals surface area contributed by atoms with Crippen LogP contribution < -0.4 is 5.32 Å². The molecule has 0 bridgehead atoms. The first-order valence-electron chi connectivity index (χ1n) is 9.49. The Labute approximate surface area is 133 Å². The van der Waals surface area contributed by atoms with E-state index in [0.29, 0.717) is 5.41 Å². The van der Waals surface area contributed by atoms with E-state index in [4.69, 9.17) is 0 Å². The molecular formula is C19H38N2. The fraction of sp³-hybridized carbons (Fsp3) is 1.00. The maximum atomic E-state index is 3.75. The van der Waals surface area contributed by atoms with Gasteiger partial charge in [0.2, 0.25) is 0 Å². The summed E-state index contributed by atoms with van der Waals surface area (Å²) in [6.07, 6.45) is 13.1. The second kappa shape index (κ2) is 8.53. The molecule has 2 aliphatic rings. The Hall–Kier alpha value is -0.0800. The molecule has 0 aromatic rings. The third kappa shape index (κ3) is 5.90. The third-order valence-electron chi connectivity index (χ3n) is 5.62. The van der Waals surface area contributed by atoms with Crippen molar-refractivity contribution in [2.24, 2.45) is 17.3 Å². The van der Waals surface area contributed by atoms with E-state index in [-0.39, 0.29) is 0 Å². The van der Waals surface area contributed by atoms with Gasteiger partial charge in [0.1, 0.15) is 0 Å². The molecular weight excluding hydrogens is 256 g/mol. The van der Waals surface area contributed by atoms with Gasteiger partial charge >= 0.3 is 0 Å². The summed E-state index contributed by atoms with van der Waals surface area (Å²) < 4.78 is 0. The Bertz CT molecular complexity index is 275. The molecule has 1 N–H and O–H groups in total. The van der Waals surface area contributed by atoms with E-state index in [0.717, 1.165) is 11.8 Å². The molecule has 21 heavy (non-hydrogen) atoms. The lowest BCUT2D eigenvalue weighted by Gasteiger charge is -2.36. The Morgan fingerprint density at radius 1 is 1.05 bits per heavy atom. The van der Waals surface area contributed by atoms with E-state index < -0.39 is 0 Å². The average molecular weight is 295 g/mol. The van der Waals surface area contributed by atoms with Crippen LogP contribution >= 0.6 is 0 Å². The molecule has 0 aromatic heterocycles. The monoisotopic (exact) mass is 294 g/mol. The van der Waals surface area contributed by atoms with Crippen molar-refractivity contribution in [2.75, 3.05) is 33.2 Å². The summed E-state index contributed by atoms with van der Waals surface area (Å²) in [5.74, 6) is 1.74. The molecule has 0 atom stereocenters. The summed E-state index contributed by atoms with van der Waals surface area (Å²) in [6.45, 7) is 9.68. The van der Waals surface area contributed by atoms with Gasteiger partial charge in [0.25, 0.3) is 0 Å². The van der Waals surface area contributed by atoms with Crippen LogP contribution in [0.25, 0.3) is 0 Å². The molecule has 2 saturated carbocycles. The normalized spacial score (nSPS) is 23.3. The molecule has 0 spiro atoms. The number of hydrogen-bond acceptors (Lipinski definition) is 2. The van der Waals surface area contributed by atoms with Gasteiger partial charge in [-0.15, -0.1) is 0 Å². The van der Waals surface area contributed by atoms with Crippen LogP contribution in [0.4, 0.5) is 0 Å². The van der Waals surface area contributed by atoms with Gasteiger partial charge in [-0.25, -0.2) is 0 Å². The number of nitrogens with zero attached hydrogens (tertiary/aromatic N) is 1. The van der Waals surface area contributed by atoms with Crippen LogP contribution in [0.5, 0.6) is 0 Å². The van der Waals surface area contributed by atoms with E-state index in [9.17, 15) is 0 Å². The molecule has 0 amide bonds. The van der Waals surface area contributed by atoms with Crippen molar-refractivity contribution < 1.29 is 0 Å². The third-order valence-corrected chi connectivity index (χ3v) is 5.62. The van der Waals surface area contributed by atoms with Crippen LogP contribution in [-0.4, -0.2) is 38.1 Å². The molecule has 0 radical (unpaired) electrons. The summed E-state index contributed by atoms with van der Waals surface area (Å²) in [4.78, 5) is 2.67. The standard InChI is InChI=1S/C19H38N2/c1-17(2)13-20-15-19(11-7-8-12-19)16-21(3)14-18-9-5-4-6-10-18/h17-18,20H,4-16H2,1-3H3. The second-order valence-electron chi connectivity index (χ2n) is 8.43. The first-order valence-corrected chi connectivity index (χ1v) is 9.49. The van der Waals surface area contributed by atoms with Crippen molar-refractivity contribution in [3.8, 4) is 0 Å². The lowest BCUT2D eigenvalue weighted by molar-refractivity contribution is 0.144. The summed E-state index contributed by atoms with van der Waals surface area (Å²) >= 11 is 0. The number of nitrogens with one attached hydrogen (secondary N) is 1. The van der Waals surface area contributed by atoms with Gasteiger partial charge in [-0.3, -0.25) is 0 Å². The first-order chi connectivity index (χ1) is 10.1. The zero-order valence-corrected chi connectivity index (χ0v) is 14.8. The van der Waals surface area contributed by atoms with E-state index in [1.54, 1.807) is 0 Å². The molecule has 2 fully saturated rings. The smallest absolute Gasteiger partial charge is 0.00472 e. The molecule has 2 nitrogen and oxygen atoms in total. The van der Waals surface area contributed by atoms with Gasteiger partial charge in [-0.2, -0.15) is 0 Å². The zero-order chi connectivity index (χ0) is 15.1. The van der Waals surface area contributed by atoms with Gasteiger partial charge in [-0.05, 0) is 56.5 Å². The van der Waals surface area contributed by atoms with Crippen LogP contribution in [0, 0.1) is 17.3 Å². The van der Waals surface area contributed by atoms with Gasteiger partial charge < -0.3 is 10.2 Å². The van der Waals surface area contributed by atoms with Gasteiger partial charge in [0, 0.05) is 19.6 Å². The summed E-state index contributed by atoms with van der Waals surface area (Å²) in [7, 11) is 2.37. The predicted octanol–water partition coefficient (Wildman–Crippen LogP) is 4.30. The molecule has 2 aliphatic carbocycles. The zero-order valence-electron chi connectivity index (χ0n) is 14.8. The van der Waals surface area contributed by atoms with Crippen molar-refractivity contribution >= 4 is 0 Å². The fourth-order valence-electron chi connectivity index (χ4n) is 4.59. The van der Waals surface area contributed by atoms with E-state index in [1.165, 1.54) is 84.0 Å². The minimum absolute atomic E-state index is 0.568. The Kier molecular flexibility index (Phi) is 7.01. The van der Waals surface area contributed by atoms with Crippen LogP contribution in [-0.2, 0) is 0 Å². The van der Waals surface area contributed by atoms with Crippen LogP contribution in [0.15, 0.2) is 0 Å². The van der Waals surface area contributed by atoms with Crippen LogP contribution in [0.2, 0.25) is 0 Å². The van der Waals surface area contributed by atoms with Crippen molar-refractivity contribution in [1.29, 1.82) is 0 Å². The second-order valence-corrected chi connectivity index (χ2v) is 8.43. The minimum Gasteiger partial charge on any atom is -0.316 e. The summed E-state index contributed by atoms with van der Waals surface area (Å²) in [6, 6.07) is 0. The molecule has 0 heterocycles. The van der Waals surface area contributed by atoms with Crippen LogP contribution in [0.1, 0.15) is 71.6 Å². The molecule has 0 aliphatic heterocycles. The molecule has 2 rings (SSSR count).